The number of amides is 3. The van der Waals surface area contributed by atoms with E-state index >= 15 is 0 Å². The van der Waals surface area contributed by atoms with Crippen molar-refractivity contribution in [3.05, 3.63) is 47.0 Å². The van der Waals surface area contributed by atoms with Crippen LogP contribution in [0.4, 0.5) is 5.69 Å². The van der Waals surface area contributed by atoms with Crippen LogP contribution in [0.3, 0.4) is 0 Å². The Kier molecular flexibility index (Phi) is 6.34. The summed E-state index contributed by atoms with van der Waals surface area (Å²) in [4.78, 5) is 39.9. The third kappa shape index (κ3) is 4.28. The van der Waals surface area contributed by atoms with Crippen molar-refractivity contribution < 1.29 is 19.1 Å². The average Bonchev–Trinajstić information content (AvgIpc) is 2.88. The van der Waals surface area contributed by atoms with Crippen molar-refractivity contribution in [1.29, 1.82) is 0 Å². The van der Waals surface area contributed by atoms with Crippen LogP contribution >= 0.6 is 11.6 Å². The molecule has 2 aliphatic rings. The monoisotopic (exact) mass is 456 g/mol. The van der Waals surface area contributed by atoms with Crippen LogP contribution in [0.25, 0.3) is 11.1 Å². The molecule has 2 aliphatic heterocycles. The maximum Gasteiger partial charge on any atom is 0.256 e. The first-order chi connectivity index (χ1) is 15.4. The van der Waals surface area contributed by atoms with E-state index in [1.165, 1.54) is 0 Å². The van der Waals surface area contributed by atoms with Crippen LogP contribution in [0.15, 0.2) is 36.4 Å². The van der Waals surface area contributed by atoms with E-state index in [4.69, 9.17) is 16.3 Å². The Balaban J connectivity index is 1.63. The van der Waals surface area contributed by atoms with E-state index in [0.29, 0.717) is 41.4 Å². The topological polar surface area (TPSA) is 99.8 Å². The van der Waals surface area contributed by atoms with Gasteiger partial charge in [0.2, 0.25) is 11.8 Å². The summed E-state index contributed by atoms with van der Waals surface area (Å²) in [6, 6.07) is 9.80. The average molecular weight is 457 g/mol. The van der Waals surface area contributed by atoms with Crippen molar-refractivity contribution in [2.24, 2.45) is 0 Å². The van der Waals surface area contributed by atoms with Crippen molar-refractivity contribution in [2.45, 2.75) is 24.9 Å². The summed E-state index contributed by atoms with van der Waals surface area (Å²) < 4.78 is 5.45. The molecule has 2 aromatic rings. The molecule has 0 spiro atoms. The molecule has 1 saturated heterocycles. The lowest BCUT2D eigenvalue weighted by molar-refractivity contribution is -0.124. The van der Waals surface area contributed by atoms with Gasteiger partial charge in [0.15, 0.2) is 0 Å². The van der Waals surface area contributed by atoms with E-state index in [0.717, 1.165) is 11.1 Å². The number of carbonyl (C=O) groups excluding carboxylic acids is 3. The molecule has 2 aromatic carbocycles. The van der Waals surface area contributed by atoms with E-state index in [2.05, 4.69) is 16.0 Å². The van der Waals surface area contributed by atoms with Gasteiger partial charge in [0.25, 0.3) is 5.91 Å². The zero-order valence-electron chi connectivity index (χ0n) is 17.9. The number of halogens is 1. The van der Waals surface area contributed by atoms with E-state index in [-0.39, 0.29) is 30.3 Å². The number of fused-ring (bicyclic) bond motifs is 2. The van der Waals surface area contributed by atoms with Crippen molar-refractivity contribution in [2.75, 3.05) is 32.6 Å². The molecule has 3 N–H and O–H groups in total. The highest BCUT2D eigenvalue weighted by Crippen LogP contribution is 2.36. The smallest absolute Gasteiger partial charge is 0.256 e. The summed E-state index contributed by atoms with van der Waals surface area (Å²) in [5.74, 6) is 0.0362. The first-order valence-electron chi connectivity index (χ1n) is 10.4. The number of piperidine rings is 1. The van der Waals surface area contributed by atoms with Gasteiger partial charge in [-0.2, -0.15) is 0 Å². The predicted octanol–water partition coefficient (Wildman–Crippen LogP) is 2.28. The predicted molar refractivity (Wildman–Crippen MR) is 122 cm³/mol. The van der Waals surface area contributed by atoms with E-state index in [9.17, 15) is 14.4 Å². The zero-order chi connectivity index (χ0) is 22.8. The van der Waals surface area contributed by atoms with Gasteiger partial charge < -0.3 is 25.6 Å². The largest absolute Gasteiger partial charge is 0.496 e. The van der Waals surface area contributed by atoms with E-state index < -0.39 is 6.04 Å². The summed E-state index contributed by atoms with van der Waals surface area (Å²) in [7, 11) is 3.27. The number of methoxy groups -OCH3 is 1. The third-order valence-electron chi connectivity index (χ3n) is 5.85. The number of likely N-dealkylation sites (N-methyl/N-ethyl adjacent to an activating group) is 1. The Bertz CT molecular complexity index is 1070. The Labute approximate surface area is 191 Å². The lowest BCUT2D eigenvalue weighted by Gasteiger charge is -2.37. The van der Waals surface area contributed by atoms with Crippen molar-refractivity contribution in [3.63, 3.8) is 0 Å². The highest BCUT2D eigenvalue weighted by molar-refractivity contribution is 6.31. The molecular formula is C23H25ClN4O4. The molecule has 2 heterocycles. The van der Waals surface area contributed by atoms with Crippen LogP contribution in [-0.2, 0) is 9.59 Å². The molecule has 0 aromatic heterocycles. The molecule has 1 fully saturated rings. The fraction of sp³-hybridized carbons (Fsp3) is 0.348. The summed E-state index contributed by atoms with van der Waals surface area (Å²) in [5, 5.41) is 9.18. The van der Waals surface area contributed by atoms with E-state index in [1.807, 2.05) is 6.07 Å². The Morgan fingerprint density at radius 2 is 2.03 bits per heavy atom. The van der Waals surface area contributed by atoms with Crippen LogP contribution in [0.2, 0.25) is 5.02 Å². The van der Waals surface area contributed by atoms with Crippen molar-refractivity contribution >= 4 is 35.0 Å². The number of nitrogens with one attached hydrogen (secondary N) is 3. The van der Waals surface area contributed by atoms with Crippen LogP contribution < -0.4 is 20.7 Å². The minimum absolute atomic E-state index is 0.130. The molecule has 0 radical (unpaired) electrons. The Morgan fingerprint density at radius 3 is 2.78 bits per heavy atom. The molecule has 32 heavy (non-hydrogen) atoms. The third-order valence-corrected chi connectivity index (χ3v) is 6.08. The Morgan fingerprint density at radius 1 is 1.22 bits per heavy atom. The van der Waals surface area contributed by atoms with Gasteiger partial charge in [0.1, 0.15) is 11.8 Å². The summed E-state index contributed by atoms with van der Waals surface area (Å²) in [6.07, 6.45) is 0.956. The summed E-state index contributed by atoms with van der Waals surface area (Å²) in [5.41, 5.74) is 2.40. The molecule has 0 bridgehead atoms. The van der Waals surface area contributed by atoms with Crippen molar-refractivity contribution in [1.82, 2.24) is 15.5 Å². The molecule has 4 rings (SSSR count). The van der Waals surface area contributed by atoms with Crippen molar-refractivity contribution in [3.8, 4) is 16.9 Å². The highest BCUT2D eigenvalue weighted by Gasteiger charge is 2.40. The standard InChI is InChI=1S/C23H25ClN4O4/c1-25-12-21(29)26-15-7-8-28-19(11-15)22(30)27-18-5-3-13(9-17(18)23(28)31)16-10-14(24)4-6-20(16)32-2/h3-6,9-10,15,19,25H,7-8,11-12H2,1-2H3,(H,26,29)(H,27,30). The molecule has 168 valence electrons. The quantitative estimate of drug-likeness (QED) is 0.641. The SMILES string of the molecule is CNCC(=O)NC1CCN2C(=O)c3cc(-c4cc(Cl)ccc4OC)ccc3NC(=O)C2C1. The second-order valence-corrected chi connectivity index (χ2v) is 8.36. The molecular weight excluding hydrogens is 432 g/mol. The number of hydrogen-bond donors (Lipinski definition) is 3. The molecule has 0 aliphatic carbocycles. The minimum atomic E-state index is -0.646. The van der Waals surface area contributed by atoms with Crippen LogP contribution in [0.1, 0.15) is 23.2 Å². The maximum atomic E-state index is 13.4. The van der Waals surface area contributed by atoms with Gasteiger partial charge in [-0.15, -0.1) is 0 Å². The fourth-order valence-corrected chi connectivity index (χ4v) is 4.47. The molecule has 0 saturated carbocycles. The second kappa shape index (κ2) is 9.18. The Hall–Kier alpha value is -3.10. The number of nitrogens with zero attached hydrogens (tertiary/aromatic N) is 1. The first-order valence-corrected chi connectivity index (χ1v) is 10.8. The molecule has 2 unspecified atom stereocenters. The summed E-state index contributed by atoms with van der Waals surface area (Å²) in [6.45, 7) is 0.586. The van der Waals surface area contributed by atoms with Gasteiger partial charge in [-0.3, -0.25) is 14.4 Å². The van der Waals surface area contributed by atoms with Crippen LogP contribution in [0, 0.1) is 0 Å². The summed E-state index contributed by atoms with van der Waals surface area (Å²) >= 11 is 6.18. The minimum Gasteiger partial charge on any atom is -0.496 e. The van der Waals surface area contributed by atoms with E-state index in [1.54, 1.807) is 49.4 Å². The van der Waals surface area contributed by atoms with Gasteiger partial charge in [0.05, 0.1) is 24.9 Å². The van der Waals surface area contributed by atoms with Crippen LogP contribution in [0.5, 0.6) is 5.75 Å². The molecule has 3 amide bonds. The molecule has 2 atom stereocenters. The van der Waals surface area contributed by atoms with Crippen LogP contribution in [-0.4, -0.2) is 62.0 Å². The van der Waals surface area contributed by atoms with Gasteiger partial charge in [-0.1, -0.05) is 17.7 Å². The fourth-order valence-electron chi connectivity index (χ4n) is 4.30. The van der Waals surface area contributed by atoms with Gasteiger partial charge in [-0.25, -0.2) is 0 Å². The zero-order valence-corrected chi connectivity index (χ0v) is 18.7. The number of benzene rings is 2. The maximum absolute atomic E-state index is 13.4. The highest BCUT2D eigenvalue weighted by atomic mass is 35.5. The number of carbonyl (C=O) groups is 3. The lowest BCUT2D eigenvalue weighted by atomic mass is 9.95. The molecule has 8 nitrogen and oxygen atoms in total. The lowest BCUT2D eigenvalue weighted by Crippen LogP contribution is -2.55. The first kappa shape index (κ1) is 22.1. The number of rotatable bonds is 5. The number of anilines is 1. The normalized spacial score (nSPS) is 20.0. The number of hydrogen-bond acceptors (Lipinski definition) is 5. The van der Waals surface area contributed by atoms with Gasteiger partial charge >= 0.3 is 0 Å². The van der Waals surface area contributed by atoms with Gasteiger partial charge in [-0.05, 0) is 55.8 Å². The number of ether oxygens (including phenoxy) is 1. The van der Waals surface area contributed by atoms with Gasteiger partial charge in [0, 0.05) is 23.2 Å². The second-order valence-electron chi connectivity index (χ2n) is 7.93. The molecule has 9 heteroatoms.